The van der Waals surface area contributed by atoms with Crippen LogP contribution in [-0.2, 0) is 10.2 Å². The van der Waals surface area contributed by atoms with Gasteiger partial charge in [0.2, 0.25) is 0 Å². The van der Waals surface area contributed by atoms with Crippen molar-refractivity contribution >= 4 is 29.3 Å². The first-order valence-electron chi connectivity index (χ1n) is 10.4. The van der Waals surface area contributed by atoms with Crippen molar-refractivity contribution in [1.82, 2.24) is 0 Å². The van der Waals surface area contributed by atoms with Gasteiger partial charge < -0.3 is 19.9 Å². The largest absolute Gasteiger partial charge is 0.493 e. The Hall–Kier alpha value is -2.62. The fraction of sp³-hybridized carbons (Fsp3) is 0.417. The second-order valence-electron chi connectivity index (χ2n) is 8.34. The molecule has 0 atom stereocenters. The number of amides is 1. The first-order chi connectivity index (χ1) is 15.2. The van der Waals surface area contributed by atoms with E-state index in [4.69, 9.17) is 43.1 Å². The van der Waals surface area contributed by atoms with Crippen LogP contribution in [0.4, 0.5) is 4.79 Å². The van der Waals surface area contributed by atoms with Gasteiger partial charge in [0, 0.05) is 5.41 Å². The molecule has 6 nitrogen and oxygen atoms in total. The molecular formula is C24H26Cl2N2O4. The quantitative estimate of drug-likeness (QED) is 0.488. The maximum absolute atomic E-state index is 10.8. The summed E-state index contributed by atoms with van der Waals surface area (Å²) >= 11 is 12.1. The SMILES string of the molecule is CC(C)(c1ccc(OCC2CC(OC(N)=O)C2)cc1)c1cc(Cl)c(OCCCl)c(C#N)c1. The van der Waals surface area contributed by atoms with Gasteiger partial charge in [-0.25, -0.2) is 4.79 Å². The summed E-state index contributed by atoms with van der Waals surface area (Å²) in [7, 11) is 0. The smallest absolute Gasteiger partial charge is 0.404 e. The number of carbonyl (C=O) groups is 1. The first-order valence-corrected chi connectivity index (χ1v) is 11.3. The molecule has 0 saturated heterocycles. The number of hydrogen-bond acceptors (Lipinski definition) is 5. The summed E-state index contributed by atoms with van der Waals surface area (Å²) < 4.78 is 16.4. The summed E-state index contributed by atoms with van der Waals surface area (Å²) in [6.45, 7) is 4.98. The lowest BCUT2D eigenvalue weighted by Gasteiger charge is -2.33. The zero-order valence-corrected chi connectivity index (χ0v) is 19.6. The fourth-order valence-corrected chi connectivity index (χ4v) is 4.10. The van der Waals surface area contributed by atoms with Crippen molar-refractivity contribution in [2.75, 3.05) is 19.1 Å². The highest BCUT2D eigenvalue weighted by Crippen LogP contribution is 2.39. The van der Waals surface area contributed by atoms with Gasteiger partial charge in [-0.1, -0.05) is 37.6 Å². The zero-order chi connectivity index (χ0) is 23.3. The van der Waals surface area contributed by atoms with Crippen LogP contribution in [0.3, 0.4) is 0 Å². The number of alkyl halides is 1. The third-order valence-corrected chi connectivity index (χ3v) is 6.18. The summed E-state index contributed by atoms with van der Waals surface area (Å²) in [4.78, 5) is 10.8. The molecule has 170 valence electrons. The molecular weight excluding hydrogens is 451 g/mol. The van der Waals surface area contributed by atoms with E-state index in [2.05, 4.69) is 19.9 Å². The Morgan fingerprint density at radius 1 is 1.19 bits per heavy atom. The summed E-state index contributed by atoms with van der Waals surface area (Å²) in [5.41, 5.74) is 6.97. The van der Waals surface area contributed by atoms with Crippen molar-refractivity contribution in [3.8, 4) is 17.6 Å². The Bertz CT molecular complexity index is 996. The molecule has 1 amide bonds. The number of benzene rings is 2. The monoisotopic (exact) mass is 476 g/mol. The number of primary amides is 1. The van der Waals surface area contributed by atoms with Crippen molar-refractivity contribution in [1.29, 1.82) is 5.26 Å². The summed E-state index contributed by atoms with van der Waals surface area (Å²) in [5.74, 6) is 1.79. The van der Waals surface area contributed by atoms with Crippen LogP contribution in [0.25, 0.3) is 0 Å². The molecule has 32 heavy (non-hydrogen) atoms. The van der Waals surface area contributed by atoms with Crippen LogP contribution < -0.4 is 15.2 Å². The predicted molar refractivity (Wildman–Crippen MR) is 124 cm³/mol. The number of hydrogen-bond donors (Lipinski definition) is 1. The number of ether oxygens (including phenoxy) is 3. The van der Waals surface area contributed by atoms with E-state index < -0.39 is 11.5 Å². The maximum Gasteiger partial charge on any atom is 0.404 e. The molecule has 1 saturated carbocycles. The van der Waals surface area contributed by atoms with Gasteiger partial charge in [-0.2, -0.15) is 5.26 Å². The molecule has 0 aromatic heterocycles. The van der Waals surface area contributed by atoms with Gasteiger partial charge in [0.25, 0.3) is 0 Å². The first kappa shape index (κ1) is 24.0. The highest BCUT2D eigenvalue weighted by molar-refractivity contribution is 6.32. The van der Waals surface area contributed by atoms with E-state index in [1.54, 1.807) is 6.07 Å². The molecule has 1 fully saturated rings. The van der Waals surface area contributed by atoms with Crippen LogP contribution in [0.2, 0.25) is 5.02 Å². The molecule has 1 aliphatic carbocycles. The minimum Gasteiger partial charge on any atom is -0.493 e. The van der Waals surface area contributed by atoms with E-state index in [1.807, 2.05) is 30.3 Å². The molecule has 1 aliphatic rings. The van der Waals surface area contributed by atoms with Gasteiger partial charge in [0.15, 0.2) is 5.75 Å². The molecule has 0 bridgehead atoms. The molecule has 2 aromatic carbocycles. The lowest BCUT2D eigenvalue weighted by molar-refractivity contribution is 0.00570. The molecule has 0 aliphatic heterocycles. The Labute approximate surface area is 198 Å². The minimum absolute atomic E-state index is 0.0962. The Balaban J connectivity index is 1.67. The van der Waals surface area contributed by atoms with E-state index in [-0.39, 0.29) is 12.7 Å². The van der Waals surface area contributed by atoms with Gasteiger partial charge >= 0.3 is 6.09 Å². The fourth-order valence-electron chi connectivity index (χ4n) is 3.74. The second-order valence-corrected chi connectivity index (χ2v) is 9.13. The third-order valence-electron chi connectivity index (χ3n) is 5.75. The molecule has 3 rings (SSSR count). The number of carbonyl (C=O) groups excluding carboxylic acids is 1. The number of nitriles is 1. The molecule has 0 unspecified atom stereocenters. The van der Waals surface area contributed by atoms with Crippen LogP contribution in [0.15, 0.2) is 36.4 Å². The van der Waals surface area contributed by atoms with E-state index in [1.165, 1.54) is 0 Å². The third kappa shape index (κ3) is 5.59. The minimum atomic E-state index is -0.729. The average molecular weight is 477 g/mol. The maximum atomic E-state index is 10.8. The number of rotatable bonds is 9. The van der Waals surface area contributed by atoms with E-state index in [9.17, 15) is 10.1 Å². The lowest BCUT2D eigenvalue weighted by Crippen LogP contribution is -2.37. The van der Waals surface area contributed by atoms with Crippen LogP contribution in [0.5, 0.6) is 11.5 Å². The Morgan fingerprint density at radius 3 is 2.47 bits per heavy atom. The molecule has 0 spiro atoms. The van der Waals surface area contributed by atoms with Crippen molar-refractivity contribution in [3.63, 3.8) is 0 Å². The normalized spacial score (nSPS) is 17.7. The second kappa shape index (κ2) is 10.3. The summed E-state index contributed by atoms with van der Waals surface area (Å²) in [6, 6.07) is 13.7. The van der Waals surface area contributed by atoms with Crippen molar-refractivity contribution < 1.29 is 19.0 Å². The Morgan fingerprint density at radius 2 is 1.88 bits per heavy atom. The van der Waals surface area contributed by atoms with Crippen LogP contribution >= 0.6 is 23.2 Å². The van der Waals surface area contributed by atoms with Crippen molar-refractivity contribution in [2.45, 2.75) is 38.2 Å². The van der Waals surface area contributed by atoms with Crippen molar-refractivity contribution in [2.24, 2.45) is 11.7 Å². The zero-order valence-electron chi connectivity index (χ0n) is 18.1. The van der Waals surface area contributed by atoms with Crippen LogP contribution in [0.1, 0.15) is 43.4 Å². The topological polar surface area (TPSA) is 94.6 Å². The van der Waals surface area contributed by atoms with Crippen molar-refractivity contribution in [3.05, 3.63) is 58.1 Å². The summed E-state index contributed by atoms with van der Waals surface area (Å²) in [6.07, 6.45) is 0.704. The van der Waals surface area contributed by atoms with Crippen LogP contribution in [0, 0.1) is 17.2 Å². The number of nitrogens with zero attached hydrogens (tertiary/aromatic N) is 1. The molecule has 0 radical (unpaired) electrons. The Kier molecular flexibility index (Phi) is 7.76. The molecule has 2 N–H and O–H groups in total. The van der Waals surface area contributed by atoms with Gasteiger partial charge in [-0.3, -0.25) is 0 Å². The average Bonchev–Trinajstić information content (AvgIpc) is 2.73. The number of nitrogens with two attached hydrogens (primary N) is 1. The van der Waals surface area contributed by atoms with Gasteiger partial charge in [-0.15, -0.1) is 11.6 Å². The summed E-state index contributed by atoms with van der Waals surface area (Å²) in [5, 5.41) is 9.94. The van der Waals surface area contributed by atoms with Gasteiger partial charge in [0.1, 0.15) is 24.5 Å². The highest BCUT2D eigenvalue weighted by atomic mass is 35.5. The number of halogens is 2. The predicted octanol–water partition coefficient (Wildman–Crippen LogP) is 5.41. The molecule has 8 heteroatoms. The van der Waals surface area contributed by atoms with E-state index in [0.717, 1.165) is 29.7 Å². The standard InChI is InChI=1S/C24H26Cl2N2O4/c1-24(2,18-11-16(13-27)22(21(26)12-18)30-8-7-25)17-3-5-19(6-4-17)31-14-15-9-20(10-15)32-23(28)29/h3-6,11-12,15,20H,7-10,14H2,1-2H3,(H2,28,29). The molecule has 2 aromatic rings. The molecule has 0 heterocycles. The lowest BCUT2D eigenvalue weighted by atomic mass is 9.77. The van der Waals surface area contributed by atoms with Gasteiger partial charge in [-0.05, 0) is 54.2 Å². The van der Waals surface area contributed by atoms with Gasteiger partial charge in [0.05, 0.1) is 23.1 Å². The van der Waals surface area contributed by atoms with E-state index >= 15 is 0 Å². The van der Waals surface area contributed by atoms with Crippen LogP contribution in [-0.4, -0.2) is 31.3 Å². The highest BCUT2D eigenvalue weighted by Gasteiger charge is 2.32. The van der Waals surface area contributed by atoms with E-state index in [0.29, 0.717) is 34.7 Å².